The van der Waals surface area contributed by atoms with Gasteiger partial charge in [-0.25, -0.2) is 4.98 Å². The molecule has 1 atom stereocenters. The summed E-state index contributed by atoms with van der Waals surface area (Å²) in [5.74, 6) is -0.471. The fourth-order valence-electron chi connectivity index (χ4n) is 3.59. The van der Waals surface area contributed by atoms with Gasteiger partial charge in [0.2, 0.25) is 11.8 Å². The van der Waals surface area contributed by atoms with E-state index in [2.05, 4.69) is 6.92 Å². The van der Waals surface area contributed by atoms with Gasteiger partial charge in [-0.3, -0.25) is 19.0 Å². The highest BCUT2D eigenvalue weighted by atomic mass is 32.2. The number of primary amides is 1. The number of nitrogens with zero attached hydrogens (tertiary/aromatic N) is 3. The number of hydrogen-bond donors (Lipinski definition) is 1. The predicted octanol–water partition coefficient (Wildman–Crippen LogP) is 2.69. The normalized spacial score (nSPS) is 17.1. The van der Waals surface area contributed by atoms with Gasteiger partial charge in [-0.05, 0) is 38.7 Å². The number of thioether (sulfide) groups is 1. The summed E-state index contributed by atoms with van der Waals surface area (Å²) in [5, 5.41) is 1.29. The first-order chi connectivity index (χ1) is 13.8. The Morgan fingerprint density at radius 2 is 2.10 bits per heavy atom. The highest BCUT2D eigenvalue weighted by Gasteiger charge is 2.27. The van der Waals surface area contributed by atoms with Crippen LogP contribution in [0.15, 0.2) is 9.95 Å². The van der Waals surface area contributed by atoms with Crippen molar-refractivity contribution in [2.45, 2.75) is 58.2 Å². The Morgan fingerprint density at radius 3 is 2.79 bits per heavy atom. The second-order valence-corrected chi connectivity index (χ2v) is 9.68. The molecule has 1 saturated heterocycles. The van der Waals surface area contributed by atoms with Crippen molar-refractivity contribution in [1.82, 2.24) is 14.5 Å². The van der Waals surface area contributed by atoms with E-state index < -0.39 is 0 Å². The second kappa shape index (κ2) is 9.30. The Kier molecular flexibility index (Phi) is 7.00. The van der Waals surface area contributed by atoms with Crippen LogP contribution in [0, 0.1) is 19.8 Å². The Morgan fingerprint density at radius 1 is 1.34 bits per heavy atom. The first-order valence-corrected chi connectivity index (χ1v) is 11.8. The molecule has 9 heteroatoms. The molecule has 1 unspecified atom stereocenters. The van der Waals surface area contributed by atoms with Crippen molar-refractivity contribution in [3.05, 3.63) is 20.8 Å². The number of aryl methyl sites for hydroxylation is 2. The van der Waals surface area contributed by atoms with E-state index in [9.17, 15) is 14.4 Å². The molecule has 7 nitrogen and oxygen atoms in total. The molecule has 1 aliphatic heterocycles. The van der Waals surface area contributed by atoms with Crippen LogP contribution >= 0.6 is 23.1 Å². The number of carbonyl (C=O) groups is 2. The van der Waals surface area contributed by atoms with Crippen molar-refractivity contribution in [2.24, 2.45) is 11.7 Å². The molecular formula is C20H28N4O3S2. The fraction of sp³-hybridized carbons (Fsp3) is 0.600. The Balaban J connectivity index is 1.82. The molecule has 158 valence electrons. The fourth-order valence-corrected chi connectivity index (χ4v) is 5.58. The van der Waals surface area contributed by atoms with Gasteiger partial charge in [-0.15, -0.1) is 11.3 Å². The summed E-state index contributed by atoms with van der Waals surface area (Å²) >= 11 is 2.83. The van der Waals surface area contributed by atoms with Gasteiger partial charge < -0.3 is 10.6 Å². The monoisotopic (exact) mass is 436 g/mol. The van der Waals surface area contributed by atoms with Gasteiger partial charge in [0, 0.05) is 24.5 Å². The third kappa shape index (κ3) is 4.66. The molecular weight excluding hydrogens is 408 g/mol. The average Bonchev–Trinajstić information content (AvgIpc) is 2.99. The van der Waals surface area contributed by atoms with Gasteiger partial charge in [0.1, 0.15) is 4.83 Å². The number of aromatic nitrogens is 2. The van der Waals surface area contributed by atoms with Crippen LogP contribution in [0.1, 0.15) is 43.0 Å². The van der Waals surface area contributed by atoms with Crippen molar-refractivity contribution >= 4 is 45.1 Å². The van der Waals surface area contributed by atoms with Gasteiger partial charge >= 0.3 is 0 Å². The lowest BCUT2D eigenvalue weighted by Gasteiger charge is -2.31. The van der Waals surface area contributed by atoms with Crippen LogP contribution in [0.2, 0.25) is 0 Å². The van der Waals surface area contributed by atoms with E-state index in [-0.39, 0.29) is 29.0 Å². The van der Waals surface area contributed by atoms with Crippen molar-refractivity contribution in [2.75, 3.05) is 18.8 Å². The van der Waals surface area contributed by atoms with Crippen LogP contribution in [-0.4, -0.2) is 45.1 Å². The highest BCUT2D eigenvalue weighted by Crippen LogP contribution is 2.29. The number of unbranched alkanes of at least 4 members (excludes halogenated alkanes) is 1. The van der Waals surface area contributed by atoms with Crippen molar-refractivity contribution in [3.8, 4) is 0 Å². The SMILES string of the molecule is CCCCn1c(SCC(=O)N2CCCC(C(N)=O)C2)nc2sc(C)c(C)c2c1=O. The second-order valence-electron chi connectivity index (χ2n) is 7.54. The minimum Gasteiger partial charge on any atom is -0.369 e. The van der Waals surface area contributed by atoms with Crippen LogP contribution in [0.25, 0.3) is 10.2 Å². The summed E-state index contributed by atoms with van der Waals surface area (Å²) in [6.45, 7) is 7.66. The van der Waals surface area contributed by atoms with Crippen molar-refractivity contribution < 1.29 is 9.59 Å². The van der Waals surface area contributed by atoms with Crippen LogP contribution in [0.4, 0.5) is 0 Å². The maximum absolute atomic E-state index is 13.1. The smallest absolute Gasteiger partial charge is 0.263 e. The standard InChI is InChI=1S/C20H28N4O3S2/c1-4-5-9-24-19(27)16-12(2)13(3)29-18(16)22-20(24)28-11-15(25)23-8-6-7-14(10-23)17(21)26/h14H,4-11H2,1-3H3,(H2,21,26). The van der Waals surface area contributed by atoms with E-state index in [1.165, 1.54) is 23.1 Å². The number of fused-ring (bicyclic) bond motifs is 1. The summed E-state index contributed by atoms with van der Waals surface area (Å²) < 4.78 is 1.71. The first kappa shape index (κ1) is 21.8. The molecule has 1 aliphatic rings. The summed E-state index contributed by atoms with van der Waals surface area (Å²) in [6, 6.07) is 0. The summed E-state index contributed by atoms with van der Waals surface area (Å²) in [6.07, 6.45) is 3.36. The molecule has 0 spiro atoms. The van der Waals surface area contributed by atoms with Crippen LogP contribution < -0.4 is 11.3 Å². The molecule has 0 aliphatic carbocycles. The molecule has 3 rings (SSSR count). The van der Waals surface area contributed by atoms with Gasteiger partial charge in [0.15, 0.2) is 5.16 Å². The molecule has 3 heterocycles. The maximum Gasteiger partial charge on any atom is 0.263 e. The molecule has 0 radical (unpaired) electrons. The molecule has 0 saturated carbocycles. The molecule has 2 amide bonds. The third-order valence-electron chi connectivity index (χ3n) is 5.49. The van der Waals surface area contributed by atoms with E-state index in [1.54, 1.807) is 9.47 Å². The van der Waals surface area contributed by atoms with Crippen molar-refractivity contribution in [3.63, 3.8) is 0 Å². The highest BCUT2D eigenvalue weighted by molar-refractivity contribution is 7.99. The van der Waals surface area contributed by atoms with Gasteiger partial charge in [-0.2, -0.15) is 0 Å². The largest absolute Gasteiger partial charge is 0.369 e. The Bertz CT molecular complexity index is 982. The van der Waals surface area contributed by atoms with Crippen LogP contribution in [-0.2, 0) is 16.1 Å². The number of nitrogens with two attached hydrogens (primary N) is 1. The quantitative estimate of drug-likeness (QED) is 0.531. The summed E-state index contributed by atoms with van der Waals surface area (Å²) in [4.78, 5) is 45.6. The van der Waals surface area contributed by atoms with Gasteiger partial charge in [0.05, 0.1) is 17.1 Å². The van der Waals surface area contributed by atoms with Crippen molar-refractivity contribution in [1.29, 1.82) is 0 Å². The maximum atomic E-state index is 13.1. The molecule has 2 aromatic rings. The van der Waals surface area contributed by atoms with E-state index in [0.717, 1.165) is 41.0 Å². The molecule has 0 aromatic carbocycles. The number of carbonyl (C=O) groups excluding carboxylic acids is 2. The van der Waals surface area contributed by atoms with Crippen LogP contribution in [0.3, 0.4) is 0 Å². The Hall–Kier alpha value is -1.87. The zero-order valence-electron chi connectivity index (χ0n) is 17.2. The number of thiophene rings is 1. The number of amides is 2. The minimum atomic E-state index is -0.348. The number of rotatable bonds is 7. The lowest BCUT2D eigenvalue weighted by molar-refractivity contribution is -0.132. The molecule has 1 fully saturated rings. The summed E-state index contributed by atoms with van der Waals surface area (Å²) in [5.41, 5.74) is 6.39. The minimum absolute atomic E-state index is 0.0213. The zero-order valence-corrected chi connectivity index (χ0v) is 18.8. The molecule has 0 bridgehead atoms. The lowest BCUT2D eigenvalue weighted by Crippen LogP contribution is -2.44. The van der Waals surface area contributed by atoms with Crippen LogP contribution in [0.5, 0.6) is 0 Å². The lowest BCUT2D eigenvalue weighted by atomic mass is 9.97. The number of hydrogen-bond acceptors (Lipinski definition) is 6. The number of likely N-dealkylation sites (tertiary alicyclic amines) is 1. The predicted molar refractivity (Wildman–Crippen MR) is 117 cm³/mol. The average molecular weight is 437 g/mol. The molecule has 29 heavy (non-hydrogen) atoms. The number of piperidine rings is 1. The van der Waals surface area contributed by atoms with E-state index >= 15 is 0 Å². The first-order valence-electron chi connectivity index (χ1n) is 10.0. The van der Waals surface area contributed by atoms with E-state index in [1.807, 2.05) is 13.8 Å². The molecule has 2 aromatic heterocycles. The van der Waals surface area contributed by atoms with Gasteiger partial charge in [0.25, 0.3) is 5.56 Å². The van der Waals surface area contributed by atoms with Gasteiger partial charge in [-0.1, -0.05) is 25.1 Å². The zero-order chi connectivity index (χ0) is 21.1. The Labute approximate surface area is 178 Å². The third-order valence-corrected chi connectivity index (χ3v) is 7.55. The topological polar surface area (TPSA) is 98.3 Å². The van der Waals surface area contributed by atoms with E-state index in [0.29, 0.717) is 30.2 Å². The summed E-state index contributed by atoms with van der Waals surface area (Å²) in [7, 11) is 0. The van der Waals surface area contributed by atoms with E-state index in [4.69, 9.17) is 10.7 Å². The molecule has 2 N–H and O–H groups in total.